The highest BCUT2D eigenvalue weighted by Gasteiger charge is 2.19. The lowest BCUT2D eigenvalue weighted by Crippen LogP contribution is -2.19. The van der Waals surface area contributed by atoms with Gasteiger partial charge >= 0.3 is 17.9 Å². The number of hydrogen-bond acceptors (Lipinski definition) is 5. The molecular formula is C21H34O6. The van der Waals surface area contributed by atoms with Crippen LogP contribution in [-0.2, 0) is 23.9 Å². The van der Waals surface area contributed by atoms with Crippen molar-refractivity contribution in [2.45, 2.75) is 71.1 Å². The molecule has 0 saturated heterocycles. The molecule has 0 aromatic carbocycles. The van der Waals surface area contributed by atoms with Crippen molar-refractivity contribution in [3.05, 3.63) is 24.8 Å². The van der Waals surface area contributed by atoms with Crippen molar-refractivity contribution < 1.29 is 29.0 Å². The standard InChI is InChI=1S/C21H34O6/c1-3-5-6-7-8-9-10-11-12-13-14-18(21(24)25)17-20(23)27-16-15-26-19(22)4-2/h4,13-14,18H,2-3,5-12,15-17H2,1H3,(H,24,25)/b14-13+. The maximum Gasteiger partial charge on any atom is 0.330 e. The third-order valence-corrected chi connectivity index (χ3v) is 4.05. The average molecular weight is 382 g/mol. The van der Waals surface area contributed by atoms with Crippen LogP contribution in [0.4, 0.5) is 0 Å². The van der Waals surface area contributed by atoms with Gasteiger partial charge in [0.15, 0.2) is 0 Å². The van der Waals surface area contributed by atoms with Crippen molar-refractivity contribution in [1.82, 2.24) is 0 Å². The van der Waals surface area contributed by atoms with E-state index >= 15 is 0 Å². The molecule has 0 aliphatic heterocycles. The number of carbonyl (C=O) groups is 3. The molecule has 0 saturated carbocycles. The van der Waals surface area contributed by atoms with Gasteiger partial charge in [0.25, 0.3) is 0 Å². The molecule has 1 N–H and O–H groups in total. The molecule has 0 radical (unpaired) electrons. The van der Waals surface area contributed by atoms with Gasteiger partial charge in [0.05, 0.1) is 12.3 Å². The molecule has 6 heteroatoms. The van der Waals surface area contributed by atoms with E-state index in [2.05, 4.69) is 18.2 Å². The van der Waals surface area contributed by atoms with Gasteiger partial charge in [-0.3, -0.25) is 9.59 Å². The number of carbonyl (C=O) groups excluding carboxylic acids is 2. The van der Waals surface area contributed by atoms with Gasteiger partial charge < -0.3 is 14.6 Å². The third-order valence-electron chi connectivity index (χ3n) is 4.05. The molecule has 0 spiro atoms. The minimum absolute atomic E-state index is 0.0807. The molecule has 6 nitrogen and oxygen atoms in total. The third kappa shape index (κ3) is 15.8. The van der Waals surface area contributed by atoms with E-state index in [-0.39, 0.29) is 19.6 Å². The summed E-state index contributed by atoms with van der Waals surface area (Å²) in [5.74, 6) is -3.19. The van der Waals surface area contributed by atoms with Crippen LogP contribution < -0.4 is 0 Å². The molecule has 1 atom stereocenters. The van der Waals surface area contributed by atoms with Crippen LogP contribution in [0, 0.1) is 5.92 Å². The summed E-state index contributed by atoms with van der Waals surface area (Å²) in [6, 6.07) is 0. The first-order valence-electron chi connectivity index (χ1n) is 9.85. The SMILES string of the molecule is C=CC(=O)OCCOC(=O)CC(/C=C/CCCCCCCCCC)C(=O)O. The van der Waals surface area contributed by atoms with Crippen LogP contribution in [0.3, 0.4) is 0 Å². The van der Waals surface area contributed by atoms with Crippen molar-refractivity contribution >= 4 is 17.9 Å². The number of esters is 2. The second-order valence-electron chi connectivity index (χ2n) is 6.43. The van der Waals surface area contributed by atoms with Crippen molar-refractivity contribution in [1.29, 1.82) is 0 Å². The first-order chi connectivity index (χ1) is 13.0. The fourth-order valence-electron chi connectivity index (χ4n) is 2.49. The molecule has 0 bridgehead atoms. The summed E-state index contributed by atoms with van der Waals surface area (Å²) in [5.41, 5.74) is 0. The zero-order valence-electron chi connectivity index (χ0n) is 16.5. The van der Waals surface area contributed by atoms with Crippen LogP contribution in [0.15, 0.2) is 24.8 Å². The first-order valence-corrected chi connectivity index (χ1v) is 9.85. The first kappa shape index (κ1) is 24.9. The van der Waals surface area contributed by atoms with Gasteiger partial charge in [-0.2, -0.15) is 0 Å². The Morgan fingerprint density at radius 3 is 2.15 bits per heavy atom. The van der Waals surface area contributed by atoms with Gasteiger partial charge in [0.2, 0.25) is 0 Å². The zero-order chi connectivity index (χ0) is 20.3. The van der Waals surface area contributed by atoms with Gasteiger partial charge in [-0.1, -0.05) is 70.6 Å². The Hall–Kier alpha value is -2.11. The Morgan fingerprint density at radius 2 is 1.56 bits per heavy atom. The Morgan fingerprint density at radius 1 is 0.963 bits per heavy atom. The summed E-state index contributed by atoms with van der Waals surface area (Å²) in [7, 11) is 0. The van der Waals surface area contributed by atoms with Gasteiger partial charge in [0, 0.05) is 6.08 Å². The molecule has 0 heterocycles. The van der Waals surface area contributed by atoms with E-state index in [0.717, 1.165) is 25.3 Å². The second kappa shape index (κ2) is 17.3. The van der Waals surface area contributed by atoms with Gasteiger partial charge in [-0.05, 0) is 12.8 Å². The summed E-state index contributed by atoms with van der Waals surface area (Å²) >= 11 is 0. The summed E-state index contributed by atoms with van der Waals surface area (Å²) in [6.45, 7) is 5.27. The molecule has 0 rings (SSSR count). The lowest BCUT2D eigenvalue weighted by atomic mass is 10.0. The number of rotatable bonds is 17. The van der Waals surface area contributed by atoms with Crippen LogP contribution in [-0.4, -0.2) is 36.2 Å². The van der Waals surface area contributed by atoms with E-state index in [4.69, 9.17) is 4.74 Å². The average Bonchev–Trinajstić information content (AvgIpc) is 2.65. The van der Waals surface area contributed by atoms with Gasteiger partial charge in [0.1, 0.15) is 13.2 Å². The van der Waals surface area contributed by atoms with E-state index in [1.54, 1.807) is 6.08 Å². The van der Waals surface area contributed by atoms with E-state index < -0.39 is 23.8 Å². The van der Waals surface area contributed by atoms with Crippen molar-refractivity contribution in [3.8, 4) is 0 Å². The highest BCUT2D eigenvalue weighted by Crippen LogP contribution is 2.12. The van der Waals surface area contributed by atoms with Crippen molar-refractivity contribution in [2.24, 2.45) is 5.92 Å². The highest BCUT2D eigenvalue weighted by atomic mass is 16.6. The van der Waals surface area contributed by atoms with E-state index in [1.165, 1.54) is 38.5 Å². The van der Waals surface area contributed by atoms with Crippen LogP contribution in [0.5, 0.6) is 0 Å². The number of unbranched alkanes of at least 4 members (excludes halogenated alkanes) is 8. The molecule has 0 amide bonds. The lowest BCUT2D eigenvalue weighted by Gasteiger charge is -2.08. The number of allylic oxidation sites excluding steroid dienone is 1. The monoisotopic (exact) mass is 382 g/mol. The summed E-state index contributed by atoms with van der Waals surface area (Å²) in [4.78, 5) is 33.7. The molecule has 1 unspecified atom stereocenters. The Labute approximate surface area is 162 Å². The maximum atomic E-state index is 11.7. The Kier molecular flexibility index (Phi) is 16.0. The van der Waals surface area contributed by atoms with Crippen LogP contribution in [0.2, 0.25) is 0 Å². The molecule has 0 aliphatic carbocycles. The van der Waals surface area contributed by atoms with Crippen LogP contribution in [0.1, 0.15) is 71.1 Å². The molecule has 27 heavy (non-hydrogen) atoms. The fraction of sp³-hybridized carbons (Fsp3) is 0.667. The normalized spacial score (nSPS) is 11.9. The quantitative estimate of drug-likeness (QED) is 0.173. The summed E-state index contributed by atoms with van der Waals surface area (Å²) < 4.78 is 9.54. The fourth-order valence-corrected chi connectivity index (χ4v) is 2.49. The lowest BCUT2D eigenvalue weighted by molar-refractivity contribution is -0.153. The van der Waals surface area contributed by atoms with Gasteiger partial charge in [-0.25, -0.2) is 4.79 Å². The summed E-state index contributed by atoms with van der Waals surface area (Å²) in [6.07, 6.45) is 14.8. The largest absolute Gasteiger partial charge is 0.481 e. The number of ether oxygens (including phenoxy) is 2. The van der Waals surface area contributed by atoms with Gasteiger partial charge in [-0.15, -0.1) is 0 Å². The van der Waals surface area contributed by atoms with E-state index in [1.807, 2.05) is 6.08 Å². The predicted molar refractivity (Wildman–Crippen MR) is 104 cm³/mol. The summed E-state index contributed by atoms with van der Waals surface area (Å²) in [5, 5.41) is 9.20. The number of hydrogen-bond donors (Lipinski definition) is 1. The molecule has 0 aromatic rings. The van der Waals surface area contributed by atoms with Crippen molar-refractivity contribution in [3.63, 3.8) is 0 Å². The molecule has 0 aliphatic rings. The number of aliphatic carboxylic acids is 1. The Bertz CT molecular complexity index is 469. The molecular weight excluding hydrogens is 348 g/mol. The zero-order valence-corrected chi connectivity index (χ0v) is 16.5. The minimum Gasteiger partial charge on any atom is -0.481 e. The molecule has 154 valence electrons. The number of carboxylic acids is 1. The smallest absolute Gasteiger partial charge is 0.330 e. The van der Waals surface area contributed by atoms with E-state index in [9.17, 15) is 19.5 Å². The Balaban J connectivity index is 3.89. The number of carboxylic acid groups (broad SMARTS) is 1. The van der Waals surface area contributed by atoms with Crippen LogP contribution >= 0.6 is 0 Å². The predicted octanol–water partition coefficient (Wildman–Crippen LogP) is 4.44. The maximum absolute atomic E-state index is 11.7. The van der Waals surface area contributed by atoms with Crippen LogP contribution in [0.25, 0.3) is 0 Å². The molecule has 0 fully saturated rings. The second-order valence-corrected chi connectivity index (χ2v) is 6.43. The minimum atomic E-state index is -1.06. The molecule has 0 aromatic heterocycles. The topological polar surface area (TPSA) is 89.9 Å². The van der Waals surface area contributed by atoms with Crippen molar-refractivity contribution in [2.75, 3.05) is 13.2 Å². The highest BCUT2D eigenvalue weighted by molar-refractivity contribution is 5.81. The van der Waals surface area contributed by atoms with E-state index in [0.29, 0.717) is 0 Å².